The standard InChI is InChI=1S/C5H13NOS/c1-6(2)8-5-4-7-3/h4-5H2,1-3H3. The van der Waals surface area contributed by atoms with Gasteiger partial charge in [0.2, 0.25) is 0 Å². The van der Waals surface area contributed by atoms with Crippen molar-refractivity contribution in [1.82, 2.24) is 4.31 Å². The summed E-state index contributed by atoms with van der Waals surface area (Å²) in [7, 11) is 5.77. The highest BCUT2D eigenvalue weighted by Gasteiger charge is 1.87. The van der Waals surface area contributed by atoms with E-state index in [0.29, 0.717) is 0 Å². The Balaban J connectivity index is 2.72. The predicted molar refractivity (Wildman–Crippen MR) is 38.0 cm³/mol. The van der Waals surface area contributed by atoms with Crippen molar-refractivity contribution in [3.05, 3.63) is 0 Å². The number of hydrogen-bond donors (Lipinski definition) is 0. The molecule has 0 unspecified atom stereocenters. The maximum atomic E-state index is 4.84. The minimum Gasteiger partial charge on any atom is -0.384 e. The van der Waals surface area contributed by atoms with E-state index in [1.54, 1.807) is 19.1 Å². The molecule has 0 amide bonds. The van der Waals surface area contributed by atoms with Gasteiger partial charge in [0.05, 0.1) is 6.61 Å². The summed E-state index contributed by atoms with van der Waals surface area (Å²) in [6, 6.07) is 0. The van der Waals surface area contributed by atoms with Gasteiger partial charge in [-0.05, 0) is 14.1 Å². The van der Waals surface area contributed by atoms with Crippen molar-refractivity contribution in [3.8, 4) is 0 Å². The molecule has 0 aromatic rings. The zero-order valence-corrected chi connectivity index (χ0v) is 6.49. The molecule has 0 N–H and O–H groups in total. The normalized spacial score (nSPS) is 10.5. The lowest BCUT2D eigenvalue weighted by molar-refractivity contribution is 0.218. The van der Waals surface area contributed by atoms with Gasteiger partial charge in [0.15, 0.2) is 0 Å². The average molecular weight is 135 g/mol. The smallest absolute Gasteiger partial charge is 0.0565 e. The molecule has 0 bridgehead atoms. The minimum absolute atomic E-state index is 0.836. The summed E-state index contributed by atoms with van der Waals surface area (Å²) in [5, 5.41) is 0. The molecular weight excluding hydrogens is 122 g/mol. The van der Waals surface area contributed by atoms with E-state index in [9.17, 15) is 0 Å². The SMILES string of the molecule is COCCSN(C)C. The molecule has 0 saturated heterocycles. The monoisotopic (exact) mass is 135 g/mol. The van der Waals surface area contributed by atoms with Crippen molar-refractivity contribution in [3.63, 3.8) is 0 Å². The van der Waals surface area contributed by atoms with Gasteiger partial charge in [-0.25, -0.2) is 0 Å². The third kappa shape index (κ3) is 6.27. The second-order valence-electron chi connectivity index (χ2n) is 1.64. The molecular formula is C5H13NOS. The molecule has 0 heterocycles. The number of ether oxygens (including phenoxy) is 1. The maximum absolute atomic E-state index is 4.84. The summed E-state index contributed by atoms with van der Waals surface area (Å²) in [5.74, 6) is 1.05. The van der Waals surface area contributed by atoms with Crippen LogP contribution in [-0.4, -0.2) is 37.9 Å². The lowest BCUT2D eigenvalue weighted by Gasteiger charge is -2.06. The third-order valence-corrected chi connectivity index (χ3v) is 1.50. The zero-order valence-electron chi connectivity index (χ0n) is 5.68. The Morgan fingerprint density at radius 3 is 2.50 bits per heavy atom. The molecule has 0 aromatic carbocycles. The molecule has 0 saturated carbocycles. The van der Waals surface area contributed by atoms with Crippen LogP contribution in [0.3, 0.4) is 0 Å². The summed E-state index contributed by atoms with van der Waals surface area (Å²) in [6.45, 7) is 0.836. The van der Waals surface area contributed by atoms with Crippen LogP contribution < -0.4 is 0 Å². The Morgan fingerprint density at radius 1 is 1.50 bits per heavy atom. The second kappa shape index (κ2) is 5.41. The Hall–Kier alpha value is 0.270. The van der Waals surface area contributed by atoms with E-state index in [0.717, 1.165) is 12.4 Å². The molecule has 0 fully saturated rings. The van der Waals surface area contributed by atoms with Crippen molar-refractivity contribution < 1.29 is 4.74 Å². The van der Waals surface area contributed by atoms with Crippen LogP contribution in [0.1, 0.15) is 0 Å². The van der Waals surface area contributed by atoms with E-state index in [-0.39, 0.29) is 0 Å². The molecule has 0 aliphatic carbocycles. The first-order valence-electron chi connectivity index (χ1n) is 2.56. The Labute approximate surface area is 55.3 Å². The van der Waals surface area contributed by atoms with Crippen molar-refractivity contribution in [2.24, 2.45) is 0 Å². The summed E-state index contributed by atoms with van der Waals surface area (Å²) >= 11 is 1.76. The highest BCUT2D eigenvalue weighted by atomic mass is 32.2. The van der Waals surface area contributed by atoms with Gasteiger partial charge < -0.3 is 4.74 Å². The van der Waals surface area contributed by atoms with Gasteiger partial charge >= 0.3 is 0 Å². The zero-order chi connectivity index (χ0) is 6.41. The minimum atomic E-state index is 0.836. The first kappa shape index (κ1) is 8.27. The first-order chi connectivity index (χ1) is 3.77. The van der Waals surface area contributed by atoms with Gasteiger partial charge in [0.1, 0.15) is 0 Å². The average Bonchev–Trinajstić information content (AvgIpc) is 1.66. The van der Waals surface area contributed by atoms with Crippen molar-refractivity contribution in [2.75, 3.05) is 33.6 Å². The van der Waals surface area contributed by atoms with Crippen LogP contribution in [-0.2, 0) is 4.74 Å². The summed E-state index contributed by atoms with van der Waals surface area (Å²) in [6.07, 6.45) is 0. The molecule has 0 aromatic heterocycles. The van der Waals surface area contributed by atoms with E-state index in [1.807, 2.05) is 14.1 Å². The van der Waals surface area contributed by atoms with E-state index in [2.05, 4.69) is 4.31 Å². The fraction of sp³-hybridized carbons (Fsp3) is 1.00. The molecule has 0 atom stereocenters. The van der Waals surface area contributed by atoms with Crippen LogP contribution in [0.25, 0.3) is 0 Å². The summed E-state index contributed by atoms with van der Waals surface area (Å²) in [4.78, 5) is 0. The van der Waals surface area contributed by atoms with Crippen LogP contribution in [0.5, 0.6) is 0 Å². The number of nitrogens with zero attached hydrogens (tertiary/aromatic N) is 1. The van der Waals surface area contributed by atoms with Crippen molar-refractivity contribution in [2.45, 2.75) is 0 Å². The Morgan fingerprint density at radius 2 is 2.12 bits per heavy atom. The van der Waals surface area contributed by atoms with E-state index in [4.69, 9.17) is 4.74 Å². The van der Waals surface area contributed by atoms with Gasteiger partial charge in [0.25, 0.3) is 0 Å². The topological polar surface area (TPSA) is 12.5 Å². The van der Waals surface area contributed by atoms with Crippen LogP contribution in [0.4, 0.5) is 0 Å². The number of rotatable bonds is 4. The molecule has 50 valence electrons. The molecule has 0 aliphatic heterocycles. The molecule has 0 rings (SSSR count). The van der Waals surface area contributed by atoms with E-state index >= 15 is 0 Å². The van der Waals surface area contributed by atoms with Gasteiger partial charge in [0, 0.05) is 12.9 Å². The fourth-order valence-electron chi connectivity index (χ4n) is 0.303. The highest BCUT2D eigenvalue weighted by molar-refractivity contribution is 7.96. The summed E-state index contributed by atoms with van der Waals surface area (Å²) in [5.41, 5.74) is 0. The summed E-state index contributed by atoms with van der Waals surface area (Å²) < 4.78 is 6.91. The third-order valence-electron chi connectivity index (χ3n) is 0.637. The lowest BCUT2D eigenvalue weighted by atomic mass is 10.9. The van der Waals surface area contributed by atoms with E-state index < -0.39 is 0 Å². The van der Waals surface area contributed by atoms with Crippen LogP contribution in [0.2, 0.25) is 0 Å². The molecule has 3 heteroatoms. The maximum Gasteiger partial charge on any atom is 0.0565 e. The quantitative estimate of drug-likeness (QED) is 0.419. The molecule has 2 nitrogen and oxygen atoms in total. The molecule has 0 radical (unpaired) electrons. The van der Waals surface area contributed by atoms with Crippen LogP contribution >= 0.6 is 11.9 Å². The fourth-order valence-corrected chi connectivity index (χ4v) is 0.910. The largest absolute Gasteiger partial charge is 0.384 e. The van der Waals surface area contributed by atoms with Crippen molar-refractivity contribution in [1.29, 1.82) is 0 Å². The van der Waals surface area contributed by atoms with Crippen LogP contribution in [0, 0.1) is 0 Å². The van der Waals surface area contributed by atoms with Gasteiger partial charge in [-0.2, -0.15) is 0 Å². The Kier molecular flexibility index (Phi) is 5.59. The van der Waals surface area contributed by atoms with Crippen LogP contribution in [0.15, 0.2) is 0 Å². The predicted octanol–water partition coefficient (Wildman–Crippen LogP) is 0.843. The Bertz CT molecular complexity index is 49.7. The van der Waals surface area contributed by atoms with E-state index in [1.165, 1.54) is 0 Å². The first-order valence-corrected chi connectivity index (χ1v) is 3.51. The molecule has 0 aliphatic rings. The van der Waals surface area contributed by atoms with Gasteiger partial charge in [-0.1, -0.05) is 11.9 Å². The number of hydrogen-bond acceptors (Lipinski definition) is 3. The molecule has 0 spiro atoms. The molecule has 8 heavy (non-hydrogen) atoms. The van der Waals surface area contributed by atoms with Gasteiger partial charge in [-0.15, -0.1) is 0 Å². The van der Waals surface area contributed by atoms with Crippen molar-refractivity contribution >= 4 is 11.9 Å². The lowest BCUT2D eigenvalue weighted by Crippen LogP contribution is -2.03. The highest BCUT2D eigenvalue weighted by Crippen LogP contribution is 2.00. The number of methoxy groups -OCH3 is 1. The second-order valence-corrected chi connectivity index (χ2v) is 3.04. The van der Waals surface area contributed by atoms with Gasteiger partial charge in [-0.3, -0.25) is 4.31 Å².